The van der Waals surface area contributed by atoms with E-state index in [2.05, 4.69) is 0 Å². The number of ether oxygens (including phenoxy) is 2. The fourth-order valence-electron chi connectivity index (χ4n) is 4.86. The van der Waals surface area contributed by atoms with Crippen LogP contribution in [0.3, 0.4) is 0 Å². The molecule has 196 valence electrons. The molecule has 1 amide bonds. The van der Waals surface area contributed by atoms with Crippen molar-refractivity contribution < 1.29 is 33.8 Å². The zero-order chi connectivity index (χ0) is 27.1. The van der Waals surface area contributed by atoms with Crippen LogP contribution in [0, 0.1) is 11.8 Å². The van der Waals surface area contributed by atoms with Gasteiger partial charge in [0.15, 0.2) is 5.78 Å². The molecule has 0 spiro atoms. The summed E-state index contributed by atoms with van der Waals surface area (Å²) in [7, 11) is 0. The van der Waals surface area contributed by atoms with Crippen LogP contribution in [0.5, 0.6) is 0 Å². The lowest BCUT2D eigenvalue weighted by molar-refractivity contribution is -0.150. The fraction of sp³-hybridized carbons (Fsp3) is 0.267. The lowest BCUT2D eigenvalue weighted by Gasteiger charge is -2.25. The van der Waals surface area contributed by atoms with Crippen molar-refractivity contribution >= 4 is 23.8 Å². The molecule has 3 atom stereocenters. The van der Waals surface area contributed by atoms with Gasteiger partial charge in [-0.3, -0.25) is 14.5 Å². The summed E-state index contributed by atoms with van der Waals surface area (Å²) < 4.78 is 10.7. The molecule has 8 heteroatoms. The Morgan fingerprint density at radius 1 is 0.868 bits per heavy atom. The van der Waals surface area contributed by atoms with Gasteiger partial charge in [-0.15, -0.1) is 0 Å². The molecule has 0 unspecified atom stereocenters. The van der Waals surface area contributed by atoms with Crippen molar-refractivity contribution in [2.24, 2.45) is 11.8 Å². The summed E-state index contributed by atoms with van der Waals surface area (Å²) in [6.07, 6.45) is -1.29. The predicted octanol–water partition coefficient (Wildman–Crippen LogP) is 4.83. The minimum Gasteiger partial charge on any atom is -0.481 e. The van der Waals surface area contributed by atoms with E-state index in [1.165, 1.54) is 0 Å². The van der Waals surface area contributed by atoms with E-state index in [0.29, 0.717) is 5.56 Å². The number of rotatable bonds is 9. The Bertz CT molecular complexity index is 1290. The summed E-state index contributed by atoms with van der Waals surface area (Å²) in [5.41, 5.74) is 2.87. The molecule has 0 saturated carbocycles. The van der Waals surface area contributed by atoms with Crippen LogP contribution in [-0.2, 0) is 25.7 Å². The maximum atomic E-state index is 13.8. The summed E-state index contributed by atoms with van der Waals surface area (Å²) in [6.45, 7) is 1.46. The first kappa shape index (κ1) is 26.6. The van der Waals surface area contributed by atoms with Crippen LogP contribution < -0.4 is 0 Å². The monoisotopic (exact) mass is 515 g/mol. The third-order valence-electron chi connectivity index (χ3n) is 6.62. The highest BCUT2D eigenvalue weighted by Crippen LogP contribution is 2.37. The smallest absolute Gasteiger partial charge is 0.410 e. The van der Waals surface area contributed by atoms with E-state index in [4.69, 9.17) is 9.47 Å². The number of ketones is 1. The lowest BCUT2D eigenvalue weighted by Crippen LogP contribution is -2.45. The Morgan fingerprint density at radius 3 is 2.18 bits per heavy atom. The van der Waals surface area contributed by atoms with Crippen molar-refractivity contribution in [1.82, 2.24) is 4.90 Å². The minimum absolute atomic E-state index is 0.0347. The van der Waals surface area contributed by atoms with E-state index < -0.39 is 42.3 Å². The Morgan fingerprint density at radius 2 is 1.53 bits per heavy atom. The van der Waals surface area contributed by atoms with Gasteiger partial charge in [0.25, 0.3) is 0 Å². The number of hydrogen-bond acceptors (Lipinski definition) is 6. The first-order chi connectivity index (χ1) is 18.4. The van der Waals surface area contributed by atoms with Gasteiger partial charge in [-0.2, -0.15) is 0 Å². The van der Waals surface area contributed by atoms with Gasteiger partial charge in [-0.05, 0) is 29.7 Å². The second-order valence-electron chi connectivity index (χ2n) is 9.07. The average Bonchev–Trinajstić information content (AvgIpc) is 3.31. The normalized spacial score (nSPS) is 18.6. The zero-order valence-corrected chi connectivity index (χ0v) is 21.0. The molecule has 1 aliphatic heterocycles. The largest absolute Gasteiger partial charge is 0.481 e. The summed E-state index contributed by atoms with van der Waals surface area (Å²) in [5.74, 6) is -4.20. The van der Waals surface area contributed by atoms with E-state index >= 15 is 0 Å². The lowest BCUT2D eigenvalue weighted by atomic mass is 9.82. The average molecular weight is 516 g/mol. The van der Waals surface area contributed by atoms with E-state index in [-0.39, 0.29) is 25.5 Å². The molecule has 8 nitrogen and oxygen atoms in total. The van der Waals surface area contributed by atoms with Gasteiger partial charge in [0.05, 0.1) is 13.0 Å². The first-order valence-corrected chi connectivity index (χ1v) is 12.4. The third kappa shape index (κ3) is 6.08. The van der Waals surface area contributed by atoms with Gasteiger partial charge in [-0.1, -0.05) is 78.9 Å². The van der Waals surface area contributed by atoms with Gasteiger partial charge in [-0.25, -0.2) is 9.59 Å². The molecule has 1 fully saturated rings. The molecule has 0 aromatic heterocycles. The van der Waals surface area contributed by atoms with Gasteiger partial charge in [0.1, 0.15) is 12.6 Å². The number of nitrogens with zero attached hydrogens (tertiary/aromatic N) is 1. The van der Waals surface area contributed by atoms with Crippen LogP contribution in [0.4, 0.5) is 4.79 Å². The molecule has 0 aliphatic carbocycles. The van der Waals surface area contributed by atoms with Crippen LogP contribution in [0.2, 0.25) is 0 Å². The number of carboxylic acids is 1. The Kier molecular flexibility index (Phi) is 8.53. The molecule has 1 aliphatic rings. The minimum atomic E-state index is -1.26. The van der Waals surface area contributed by atoms with Gasteiger partial charge < -0.3 is 14.6 Å². The standard InChI is InChI=1S/C30H29NO7/c1-2-37-29(35)27-24(17-26(32)33)25(18-31(27)30(36)38-19-20-10-5-3-6-11-20)28(34)23-15-9-14-22(16-23)21-12-7-4-8-13-21/h3-16,24-25,27H,2,17-19H2,1H3,(H,32,33)/t24-,25-,27-/m0/s1. The maximum Gasteiger partial charge on any atom is 0.410 e. The van der Waals surface area contributed by atoms with Crippen LogP contribution in [0.15, 0.2) is 84.9 Å². The highest BCUT2D eigenvalue weighted by Gasteiger charge is 2.52. The topological polar surface area (TPSA) is 110 Å². The first-order valence-electron chi connectivity index (χ1n) is 12.4. The highest BCUT2D eigenvalue weighted by atomic mass is 16.6. The number of aliphatic carboxylic acids is 1. The third-order valence-corrected chi connectivity index (χ3v) is 6.62. The van der Waals surface area contributed by atoms with Crippen molar-refractivity contribution in [3.8, 4) is 11.1 Å². The summed E-state index contributed by atoms with van der Waals surface area (Å²) in [5, 5.41) is 9.65. The quantitative estimate of drug-likeness (QED) is 0.321. The van der Waals surface area contributed by atoms with E-state index in [9.17, 15) is 24.3 Å². The molecule has 0 bridgehead atoms. The molecule has 0 radical (unpaired) electrons. The molecular formula is C30H29NO7. The van der Waals surface area contributed by atoms with Crippen molar-refractivity contribution in [1.29, 1.82) is 0 Å². The van der Waals surface area contributed by atoms with E-state index in [1.54, 1.807) is 37.3 Å². The molecule has 1 N–H and O–H groups in total. The van der Waals surface area contributed by atoms with Crippen LogP contribution in [0.1, 0.15) is 29.3 Å². The fourth-order valence-corrected chi connectivity index (χ4v) is 4.86. The summed E-state index contributed by atoms with van der Waals surface area (Å²) >= 11 is 0. The Labute approximate surface area is 220 Å². The predicted molar refractivity (Wildman–Crippen MR) is 139 cm³/mol. The molecular weight excluding hydrogens is 486 g/mol. The highest BCUT2D eigenvalue weighted by molar-refractivity contribution is 6.01. The van der Waals surface area contributed by atoms with Crippen LogP contribution >= 0.6 is 0 Å². The van der Waals surface area contributed by atoms with Crippen molar-refractivity contribution in [3.63, 3.8) is 0 Å². The summed E-state index contributed by atoms with van der Waals surface area (Å²) in [6, 6.07) is 24.3. The zero-order valence-electron chi connectivity index (χ0n) is 21.0. The SMILES string of the molecule is CCOC(=O)[C@@H]1[C@@H](CC(=O)O)[C@@H](C(=O)c2cccc(-c3ccccc3)c2)CN1C(=O)OCc1ccccc1. The van der Waals surface area contributed by atoms with Gasteiger partial charge in [0.2, 0.25) is 0 Å². The van der Waals surface area contributed by atoms with Crippen LogP contribution in [0.25, 0.3) is 11.1 Å². The Balaban J connectivity index is 1.64. The maximum absolute atomic E-state index is 13.8. The molecule has 1 heterocycles. The molecule has 1 saturated heterocycles. The molecule has 3 aromatic rings. The second kappa shape index (κ2) is 12.2. The van der Waals surface area contributed by atoms with E-state index in [1.807, 2.05) is 54.6 Å². The number of carboxylic acid groups (broad SMARTS) is 1. The number of amides is 1. The van der Waals surface area contributed by atoms with E-state index in [0.717, 1.165) is 21.6 Å². The molecule has 3 aromatic carbocycles. The molecule has 38 heavy (non-hydrogen) atoms. The second-order valence-corrected chi connectivity index (χ2v) is 9.07. The van der Waals surface area contributed by atoms with Crippen molar-refractivity contribution in [2.75, 3.05) is 13.2 Å². The number of benzene rings is 3. The number of carbonyl (C=O) groups is 4. The van der Waals surface area contributed by atoms with Crippen molar-refractivity contribution in [3.05, 3.63) is 96.1 Å². The number of esters is 1. The number of carbonyl (C=O) groups excluding carboxylic acids is 3. The van der Waals surface area contributed by atoms with Crippen LogP contribution in [-0.4, -0.2) is 53.0 Å². The Hall–Kier alpha value is -4.46. The van der Waals surface area contributed by atoms with Crippen molar-refractivity contribution in [2.45, 2.75) is 26.0 Å². The molecule has 4 rings (SSSR count). The number of likely N-dealkylation sites (tertiary alicyclic amines) is 1. The van der Waals surface area contributed by atoms with Gasteiger partial charge in [0, 0.05) is 23.9 Å². The number of hydrogen-bond donors (Lipinski definition) is 1. The summed E-state index contributed by atoms with van der Waals surface area (Å²) in [4.78, 5) is 52.9. The number of Topliss-reactive ketones (excluding diaryl/α,β-unsaturated/α-hetero) is 1. The van der Waals surface area contributed by atoms with Gasteiger partial charge >= 0.3 is 18.0 Å².